The molecule has 1 aromatic rings. The number of nitrogens with zero attached hydrogens (tertiary/aromatic N) is 1. The highest BCUT2D eigenvalue weighted by Gasteiger charge is 2.21. The minimum absolute atomic E-state index is 0. The van der Waals surface area contributed by atoms with Gasteiger partial charge < -0.3 is 4.90 Å². The van der Waals surface area contributed by atoms with Gasteiger partial charge in [0.2, 0.25) is 0 Å². The molecule has 1 saturated heterocycles. The summed E-state index contributed by atoms with van der Waals surface area (Å²) in [5.74, 6) is 0.823. The summed E-state index contributed by atoms with van der Waals surface area (Å²) in [6.07, 6.45) is 0. The number of rotatable bonds is 3. The van der Waals surface area contributed by atoms with Gasteiger partial charge in [0.15, 0.2) is 11.0 Å². The Hall–Kier alpha value is -0.230. The van der Waals surface area contributed by atoms with E-state index in [1.54, 1.807) is 23.1 Å². The van der Waals surface area contributed by atoms with Crippen LogP contribution in [-0.2, 0) is 0 Å². The number of nitrogens with one attached hydrogen (secondary N) is 1. The molecule has 0 amide bonds. The SMILES string of the molecule is Br.N=C1SCCN1CC(=O)c1ccc(Cl)c(Cl)c1. The fourth-order valence-corrected chi connectivity index (χ4v) is 2.67. The maximum absolute atomic E-state index is 12.0. The summed E-state index contributed by atoms with van der Waals surface area (Å²) in [4.78, 5) is 13.7. The lowest BCUT2D eigenvalue weighted by atomic mass is 10.1. The van der Waals surface area contributed by atoms with Crippen molar-refractivity contribution in [2.75, 3.05) is 18.8 Å². The van der Waals surface area contributed by atoms with E-state index in [9.17, 15) is 4.79 Å². The fraction of sp³-hybridized carbons (Fsp3) is 0.273. The second-order valence-corrected chi connectivity index (χ2v) is 5.53. The second kappa shape index (κ2) is 6.80. The van der Waals surface area contributed by atoms with E-state index in [0.717, 1.165) is 12.3 Å². The fourth-order valence-electron chi connectivity index (χ4n) is 1.53. The molecule has 0 bridgehead atoms. The Morgan fingerprint density at radius 2 is 2.11 bits per heavy atom. The van der Waals surface area contributed by atoms with Gasteiger partial charge in [-0.3, -0.25) is 10.2 Å². The molecule has 0 saturated carbocycles. The molecule has 1 aliphatic rings. The van der Waals surface area contributed by atoms with Crippen molar-refractivity contribution in [3.63, 3.8) is 0 Å². The standard InChI is InChI=1S/C11H10Cl2N2OS.BrH/c12-8-2-1-7(5-9(8)13)10(16)6-15-3-4-17-11(15)14;/h1-2,5,14H,3-4,6H2;1H. The molecule has 0 spiro atoms. The van der Waals surface area contributed by atoms with Crippen LogP contribution in [-0.4, -0.2) is 34.7 Å². The molecule has 3 nitrogen and oxygen atoms in total. The molecular formula is C11H11BrCl2N2OS. The van der Waals surface area contributed by atoms with Crippen LogP contribution >= 0.6 is 51.9 Å². The molecule has 0 aliphatic carbocycles. The average molecular weight is 370 g/mol. The van der Waals surface area contributed by atoms with Crippen LogP contribution in [0.1, 0.15) is 10.4 Å². The summed E-state index contributed by atoms with van der Waals surface area (Å²) in [5.41, 5.74) is 0.532. The molecule has 0 aromatic heterocycles. The molecule has 1 aliphatic heterocycles. The molecule has 7 heteroatoms. The van der Waals surface area contributed by atoms with Crippen LogP contribution in [0.15, 0.2) is 18.2 Å². The van der Waals surface area contributed by atoms with E-state index in [1.807, 2.05) is 0 Å². The van der Waals surface area contributed by atoms with Gasteiger partial charge in [-0.25, -0.2) is 0 Å². The van der Waals surface area contributed by atoms with Gasteiger partial charge in [-0.1, -0.05) is 35.0 Å². The lowest BCUT2D eigenvalue weighted by Gasteiger charge is -2.15. The summed E-state index contributed by atoms with van der Waals surface area (Å²) in [7, 11) is 0. The third-order valence-corrected chi connectivity index (χ3v) is 4.12. The number of amidine groups is 1. The Morgan fingerprint density at radius 3 is 2.67 bits per heavy atom. The number of halogens is 3. The number of benzene rings is 1. The molecule has 1 aromatic carbocycles. The van der Waals surface area contributed by atoms with Crippen molar-refractivity contribution in [3.05, 3.63) is 33.8 Å². The lowest BCUT2D eigenvalue weighted by Crippen LogP contribution is -2.30. The van der Waals surface area contributed by atoms with E-state index in [4.69, 9.17) is 28.6 Å². The maximum atomic E-state index is 12.0. The third-order valence-electron chi connectivity index (χ3n) is 2.46. The first-order chi connectivity index (χ1) is 8.08. The van der Waals surface area contributed by atoms with E-state index in [1.165, 1.54) is 11.8 Å². The van der Waals surface area contributed by atoms with Crippen molar-refractivity contribution < 1.29 is 4.79 Å². The summed E-state index contributed by atoms with van der Waals surface area (Å²) in [6.45, 7) is 0.973. The van der Waals surface area contributed by atoms with Crippen molar-refractivity contribution in [3.8, 4) is 0 Å². The average Bonchev–Trinajstić information content (AvgIpc) is 2.68. The first-order valence-corrected chi connectivity index (χ1v) is 6.76. The van der Waals surface area contributed by atoms with E-state index >= 15 is 0 Å². The monoisotopic (exact) mass is 368 g/mol. The van der Waals surface area contributed by atoms with Crippen LogP contribution in [0.4, 0.5) is 0 Å². The first-order valence-electron chi connectivity index (χ1n) is 5.02. The zero-order valence-electron chi connectivity index (χ0n) is 9.28. The van der Waals surface area contributed by atoms with Crippen LogP contribution in [0, 0.1) is 5.41 Å². The maximum Gasteiger partial charge on any atom is 0.182 e. The summed E-state index contributed by atoms with van der Waals surface area (Å²) >= 11 is 13.1. The van der Waals surface area contributed by atoms with Crippen molar-refractivity contribution >= 4 is 62.9 Å². The normalized spacial score (nSPS) is 14.6. The van der Waals surface area contributed by atoms with Gasteiger partial charge in [-0.15, -0.1) is 17.0 Å². The van der Waals surface area contributed by atoms with Gasteiger partial charge >= 0.3 is 0 Å². The topological polar surface area (TPSA) is 44.2 Å². The van der Waals surface area contributed by atoms with Crippen LogP contribution in [0.25, 0.3) is 0 Å². The van der Waals surface area contributed by atoms with Gasteiger partial charge in [-0.05, 0) is 18.2 Å². The van der Waals surface area contributed by atoms with Crippen LogP contribution < -0.4 is 0 Å². The van der Waals surface area contributed by atoms with E-state index in [-0.39, 0.29) is 29.3 Å². The molecule has 2 rings (SSSR count). The van der Waals surface area contributed by atoms with Crippen molar-refractivity contribution in [2.45, 2.75) is 0 Å². The van der Waals surface area contributed by atoms with E-state index in [0.29, 0.717) is 20.8 Å². The zero-order valence-corrected chi connectivity index (χ0v) is 13.3. The molecule has 98 valence electrons. The van der Waals surface area contributed by atoms with Crippen molar-refractivity contribution in [1.29, 1.82) is 5.41 Å². The number of Topliss-reactive ketones (excluding diaryl/α,β-unsaturated/α-hetero) is 1. The highest BCUT2D eigenvalue weighted by molar-refractivity contribution is 8.93. The predicted octanol–water partition coefficient (Wildman–Crippen LogP) is 3.74. The lowest BCUT2D eigenvalue weighted by molar-refractivity contribution is 0.0966. The Labute approximate surface area is 130 Å². The van der Waals surface area contributed by atoms with Gasteiger partial charge in [-0.2, -0.15) is 0 Å². The van der Waals surface area contributed by atoms with E-state index in [2.05, 4.69) is 0 Å². The Bertz CT molecular complexity index is 484. The van der Waals surface area contributed by atoms with Crippen LogP contribution in [0.3, 0.4) is 0 Å². The molecule has 1 fully saturated rings. The predicted molar refractivity (Wildman–Crippen MR) is 82.9 cm³/mol. The molecule has 1 N–H and O–H groups in total. The zero-order chi connectivity index (χ0) is 12.4. The number of hydrogen-bond acceptors (Lipinski definition) is 3. The van der Waals surface area contributed by atoms with Crippen LogP contribution in [0.5, 0.6) is 0 Å². The molecule has 18 heavy (non-hydrogen) atoms. The number of carbonyl (C=O) groups excluding carboxylic acids is 1. The largest absolute Gasteiger partial charge is 0.343 e. The third kappa shape index (κ3) is 3.63. The van der Waals surface area contributed by atoms with Gasteiger partial charge in [0.05, 0.1) is 16.6 Å². The van der Waals surface area contributed by atoms with Gasteiger partial charge in [0.1, 0.15) is 0 Å². The highest BCUT2D eigenvalue weighted by atomic mass is 79.9. The molecular weight excluding hydrogens is 359 g/mol. The molecule has 0 unspecified atom stereocenters. The summed E-state index contributed by atoms with van der Waals surface area (Å²) in [5, 5.41) is 8.90. The number of ketones is 1. The Balaban J connectivity index is 0.00000162. The van der Waals surface area contributed by atoms with Gasteiger partial charge in [0, 0.05) is 17.9 Å². The Morgan fingerprint density at radius 1 is 1.39 bits per heavy atom. The van der Waals surface area contributed by atoms with Crippen LogP contribution in [0.2, 0.25) is 10.0 Å². The smallest absolute Gasteiger partial charge is 0.182 e. The quantitative estimate of drug-likeness (QED) is 0.825. The number of hydrogen-bond donors (Lipinski definition) is 1. The first kappa shape index (κ1) is 15.8. The summed E-state index contributed by atoms with van der Waals surface area (Å²) < 4.78 is 0. The van der Waals surface area contributed by atoms with Gasteiger partial charge in [0.25, 0.3) is 0 Å². The molecule has 0 atom stereocenters. The second-order valence-electron chi connectivity index (χ2n) is 3.63. The number of carbonyl (C=O) groups is 1. The van der Waals surface area contributed by atoms with Crippen molar-refractivity contribution in [1.82, 2.24) is 4.90 Å². The van der Waals surface area contributed by atoms with Crippen molar-refractivity contribution in [2.24, 2.45) is 0 Å². The highest BCUT2D eigenvalue weighted by Crippen LogP contribution is 2.23. The minimum Gasteiger partial charge on any atom is -0.343 e. The number of thioether (sulfide) groups is 1. The minimum atomic E-state index is -0.0455. The van der Waals surface area contributed by atoms with E-state index < -0.39 is 0 Å². The molecule has 1 heterocycles. The summed E-state index contributed by atoms with van der Waals surface area (Å²) in [6, 6.07) is 4.84. The Kier molecular flexibility index (Phi) is 5.98. The molecule has 0 radical (unpaired) electrons.